The van der Waals surface area contributed by atoms with Crippen molar-refractivity contribution in [3.8, 4) is 11.5 Å². The number of carbonyl (C=O) groups excluding carboxylic acids is 1. The Kier molecular flexibility index (Phi) is 10.4. The van der Waals surface area contributed by atoms with E-state index in [2.05, 4.69) is 9.62 Å². The molecular formula is C31H38ClN3O6S. The SMILES string of the molecule is COc1ccc(CN(C)C[C@@H]2Oc3ccc(NS(=O)(=O)c4ccc(Cl)cc4)cc3CC(=O)N([C@@H](C)CO)C[C@H]2C)cc1. The predicted octanol–water partition coefficient (Wildman–Crippen LogP) is 4.43. The van der Waals surface area contributed by atoms with Crippen molar-refractivity contribution in [1.29, 1.82) is 0 Å². The first-order valence-corrected chi connectivity index (χ1v) is 15.6. The lowest BCUT2D eigenvalue weighted by Gasteiger charge is -2.34. The number of nitrogens with one attached hydrogen (secondary N) is 1. The van der Waals surface area contributed by atoms with Crippen molar-refractivity contribution >= 4 is 33.2 Å². The smallest absolute Gasteiger partial charge is 0.261 e. The van der Waals surface area contributed by atoms with Crippen LogP contribution in [-0.2, 0) is 27.8 Å². The van der Waals surface area contributed by atoms with E-state index in [9.17, 15) is 18.3 Å². The summed E-state index contributed by atoms with van der Waals surface area (Å²) in [7, 11) is -0.231. The Labute approximate surface area is 253 Å². The van der Waals surface area contributed by atoms with Gasteiger partial charge in [-0.2, -0.15) is 0 Å². The molecule has 4 rings (SSSR count). The number of rotatable bonds is 10. The Morgan fingerprint density at radius 3 is 2.48 bits per heavy atom. The molecule has 42 heavy (non-hydrogen) atoms. The highest BCUT2D eigenvalue weighted by Gasteiger charge is 2.31. The van der Waals surface area contributed by atoms with E-state index in [1.807, 2.05) is 45.2 Å². The van der Waals surface area contributed by atoms with Crippen molar-refractivity contribution in [1.82, 2.24) is 9.80 Å². The quantitative estimate of drug-likeness (QED) is 0.347. The van der Waals surface area contributed by atoms with Crippen LogP contribution < -0.4 is 14.2 Å². The molecular weight excluding hydrogens is 578 g/mol. The minimum atomic E-state index is -3.88. The van der Waals surface area contributed by atoms with Crippen LogP contribution >= 0.6 is 11.6 Å². The van der Waals surface area contributed by atoms with Gasteiger partial charge in [0.05, 0.1) is 31.1 Å². The van der Waals surface area contributed by atoms with E-state index in [0.717, 1.165) is 11.3 Å². The molecule has 0 aliphatic carbocycles. The van der Waals surface area contributed by atoms with Gasteiger partial charge in [0.2, 0.25) is 5.91 Å². The zero-order chi connectivity index (χ0) is 30.4. The van der Waals surface area contributed by atoms with Crippen molar-refractivity contribution in [3.63, 3.8) is 0 Å². The third-order valence-electron chi connectivity index (χ3n) is 7.40. The van der Waals surface area contributed by atoms with Crippen LogP contribution in [0.4, 0.5) is 5.69 Å². The van der Waals surface area contributed by atoms with E-state index in [1.54, 1.807) is 30.2 Å². The maximum absolute atomic E-state index is 13.5. The number of methoxy groups -OCH3 is 1. The Balaban J connectivity index is 1.61. The van der Waals surface area contributed by atoms with Crippen LogP contribution in [0.1, 0.15) is 25.0 Å². The zero-order valence-electron chi connectivity index (χ0n) is 24.3. The van der Waals surface area contributed by atoms with Gasteiger partial charge in [-0.15, -0.1) is 0 Å². The molecule has 1 amide bonds. The van der Waals surface area contributed by atoms with Crippen molar-refractivity contribution < 1.29 is 27.8 Å². The summed E-state index contributed by atoms with van der Waals surface area (Å²) >= 11 is 5.92. The molecule has 3 aromatic carbocycles. The van der Waals surface area contributed by atoms with Crippen LogP contribution in [-0.4, -0.2) is 75.2 Å². The predicted molar refractivity (Wildman–Crippen MR) is 164 cm³/mol. The molecule has 0 fully saturated rings. The largest absolute Gasteiger partial charge is 0.497 e. The van der Waals surface area contributed by atoms with Gasteiger partial charge in [-0.25, -0.2) is 8.42 Å². The minimum Gasteiger partial charge on any atom is -0.497 e. The number of likely N-dealkylation sites (N-methyl/N-ethyl adjacent to an activating group) is 1. The van der Waals surface area contributed by atoms with Gasteiger partial charge in [-0.05, 0) is 74.1 Å². The van der Waals surface area contributed by atoms with E-state index in [0.29, 0.717) is 41.7 Å². The van der Waals surface area contributed by atoms with Gasteiger partial charge in [-0.1, -0.05) is 30.7 Å². The maximum Gasteiger partial charge on any atom is 0.261 e. The van der Waals surface area contributed by atoms with Crippen LogP contribution in [0.2, 0.25) is 5.02 Å². The monoisotopic (exact) mass is 615 g/mol. The Hall–Kier alpha value is -3.31. The first-order chi connectivity index (χ1) is 20.0. The second kappa shape index (κ2) is 13.8. The summed E-state index contributed by atoms with van der Waals surface area (Å²) in [6.07, 6.45) is -0.292. The number of sulfonamides is 1. The fourth-order valence-electron chi connectivity index (χ4n) is 4.95. The molecule has 0 bridgehead atoms. The average Bonchev–Trinajstić information content (AvgIpc) is 3.00. The van der Waals surface area contributed by atoms with Crippen molar-refractivity contribution in [2.45, 2.75) is 43.9 Å². The van der Waals surface area contributed by atoms with E-state index in [4.69, 9.17) is 21.1 Å². The summed E-state index contributed by atoms with van der Waals surface area (Å²) in [5, 5.41) is 10.3. The van der Waals surface area contributed by atoms with Gasteiger partial charge < -0.3 is 19.5 Å². The number of amides is 1. The number of aliphatic hydroxyl groups is 1. The molecule has 0 saturated heterocycles. The van der Waals surface area contributed by atoms with Gasteiger partial charge >= 0.3 is 0 Å². The number of nitrogens with zero attached hydrogens (tertiary/aromatic N) is 2. The number of ether oxygens (including phenoxy) is 2. The van der Waals surface area contributed by atoms with Crippen molar-refractivity contribution in [3.05, 3.63) is 82.9 Å². The number of carbonyl (C=O) groups is 1. The Morgan fingerprint density at radius 1 is 1.14 bits per heavy atom. The fourth-order valence-corrected chi connectivity index (χ4v) is 6.13. The van der Waals surface area contributed by atoms with Crippen molar-refractivity contribution in [2.24, 2.45) is 5.92 Å². The van der Waals surface area contributed by atoms with Crippen LogP contribution in [0.5, 0.6) is 11.5 Å². The van der Waals surface area contributed by atoms with Gasteiger partial charge in [0.25, 0.3) is 10.0 Å². The topological polar surface area (TPSA) is 108 Å². The summed E-state index contributed by atoms with van der Waals surface area (Å²) < 4.78 is 40.4. The van der Waals surface area contributed by atoms with Gasteiger partial charge in [0.1, 0.15) is 17.6 Å². The molecule has 0 spiro atoms. The van der Waals surface area contributed by atoms with E-state index in [-0.39, 0.29) is 41.9 Å². The van der Waals surface area contributed by atoms with E-state index < -0.39 is 10.0 Å². The van der Waals surface area contributed by atoms with Crippen LogP contribution in [0.15, 0.2) is 71.6 Å². The molecule has 11 heteroatoms. The number of benzene rings is 3. The summed E-state index contributed by atoms with van der Waals surface area (Å²) in [6, 6.07) is 18.4. The van der Waals surface area contributed by atoms with Crippen LogP contribution in [0.3, 0.4) is 0 Å². The van der Waals surface area contributed by atoms with Gasteiger partial charge in [-0.3, -0.25) is 14.4 Å². The second-order valence-corrected chi connectivity index (χ2v) is 12.9. The minimum absolute atomic E-state index is 0.00267. The third kappa shape index (κ3) is 7.95. The molecule has 1 aliphatic rings. The van der Waals surface area contributed by atoms with Gasteiger partial charge in [0, 0.05) is 41.8 Å². The number of halogens is 1. The molecule has 226 valence electrons. The molecule has 3 aromatic rings. The highest BCUT2D eigenvalue weighted by atomic mass is 35.5. The number of hydrogen-bond donors (Lipinski definition) is 2. The van der Waals surface area contributed by atoms with Crippen molar-refractivity contribution in [2.75, 3.05) is 38.6 Å². The zero-order valence-corrected chi connectivity index (χ0v) is 25.9. The number of fused-ring (bicyclic) bond motifs is 1. The van der Waals surface area contributed by atoms with Gasteiger partial charge in [0.15, 0.2) is 0 Å². The normalized spacial score (nSPS) is 18.4. The Bertz CT molecular complexity index is 1470. The molecule has 1 heterocycles. The summed E-state index contributed by atoms with van der Waals surface area (Å²) in [5.74, 6) is 1.09. The number of aliphatic hydroxyl groups excluding tert-OH is 1. The number of anilines is 1. The standard InChI is InChI=1S/C31H38ClN3O6S/c1-21-17-35(22(2)20-36)31(37)16-24-15-26(33-42(38,39)28-12-7-25(32)8-13-28)9-14-29(24)41-30(21)19-34(3)18-23-5-10-27(40-4)11-6-23/h5-15,21-22,30,33,36H,16-20H2,1-4H3/t21-,22+,30+/m1/s1. The third-order valence-corrected chi connectivity index (χ3v) is 9.04. The molecule has 0 unspecified atom stereocenters. The molecule has 0 radical (unpaired) electrons. The average molecular weight is 616 g/mol. The molecule has 0 aromatic heterocycles. The lowest BCUT2D eigenvalue weighted by molar-refractivity contribution is -0.134. The van der Waals surface area contributed by atoms with E-state index in [1.165, 1.54) is 24.3 Å². The maximum atomic E-state index is 13.5. The highest BCUT2D eigenvalue weighted by molar-refractivity contribution is 7.92. The first-order valence-electron chi connectivity index (χ1n) is 13.8. The summed E-state index contributed by atoms with van der Waals surface area (Å²) in [5.41, 5.74) is 1.99. The molecule has 9 nitrogen and oxygen atoms in total. The summed E-state index contributed by atoms with van der Waals surface area (Å²) in [4.78, 5) is 17.4. The molecule has 0 saturated carbocycles. The highest BCUT2D eigenvalue weighted by Crippen LogP contribution is 2.30. The summed E-state index contributed by atoms with van der Waals surface area (Å²) in [6.45, 7) is 5.35. The molecule has 1 aliphatic heterocycles. The lowest BCUT2D eigenvalue weighted by Crippen LogP contribution is -2.47. The first kappa shape index (κ1) is 31.6. The van der Waals surface area contributed by atoms with E-state index >= 15 is 0 Å². The Morgan fingerprint density at radius 2 is 1.83 bits per heavy atom. The van der Waals surface area contributed by atoms with Crippen LogP contribution in [0.25, 0.3) is 0 Å². The second-order valence-electron chi connectivity index (χ2n) is 10.8. The molecule has 3 atom stereocenters. The molecule has 2 N–H and O–H groups in total. The van der Waals surface area contributed by atoms with Crippen LogP contribution in [0, 0.1) is 5.92 Å². The number of hydrogen-bond acceptors (Lipinski definition) is 7. The lowest BCUT2D eigenvalue weighted by atomic mass is 10.0. The fraction of sp³-hybridized carbons (Fsp3) is 0.387.